The van der Waals surface area contributed by atoms with Crippen LogP contribution in [-0.4, -0.2) is 59.6 Å². The lowest BCUT2D eigenvalue weighted by Crippen LogP contribution is -2.48. The first-order valence-corrected chi connectivity index (χ1v) is 11.4. The predicted octanol–water partition coefficient (Wildman–Crippen LogP) is 4.29. The van der Waals surface area contributed by atoms with Gasteiger partial charge in [0.25, 0.3) is 0 Å². The number of para-hydroxylation sites is 1. The van der Waals surface area contributed by atoms with Crippen LogP contribution < -0.4 is 10.2 Å². The van der Waals surface area contributed by atoms with Gasteiger partial charge in [0, 0.05) is 33.8 Å². The van der Waals surface area contributed by atoms with Gasteiger partial charge in [-0.2, -0.15) is 0 Å². The van der Waals surface area contributed by atoms with Crippen LogP contribution in [0.5, 0.6) is 5.75 Å². The molecule has 2 fully saturated rings. The highest BCUT2D eigenvalue weighted by atomic mass is 16.6. The Labute approximate surface area is 195 Å². The number of carbonyl (C=O) groups excluding carboxylic acids is 1. The zero-order valence-corrected chi connectivity index (χ0v) is 18.7. The fourth-order valence-electron chi connectivity index (χ4n) is 4.49. The molecule has 0 unspecified atom stereocenters. The monoisotopic (exact) mass is 452 g/mol. The first-order chi connectivity index (χ1) is 16.1. The summed E-state index contributed by atoms with van der Waals surface area (Å²) >= 11 is 0. The minimum atomic E-state index is -0.393. The number of fused-ring (bicyclic) bond motifs is 1. The van der Waals surface area contributed by atoms with Crippen molar-refractivity contribution in [3.05, 3.63) is 48.0 Å². The number of hydrogen-bond donors (Lipinski definition) is 2. The third-order valence-electron chi connectivity index (χ3n) is 6.18. The number of nitrogens with one attached hydrogen (secondary N) is 1. The number of alkyl carbamates (subject to hydrolysis) is 1. The number of piperidine rings is 1. The number of anilines is 1. The van der Waals surface area contributed by atoms with Gasteiger partial charge >= 0.3 is 6.09 Å². The standard InChI is InChI=1S/C25H28N4O4.2H2/c1-16-8-9-19-21(13-16)27-23(20-6-2-3-7-22(20)30)28-24(19)29-11-4-5-17(14-29)26-25(31)33-18-10-12-32-15-18;;/h2-3,6-9,13,17-18,30H,4-5,10-12,14-15H2,1H3,(H,26,31);2*1H/t17-,18-;;/m1../s1. The maximum Gasteiger partial charge on any atom is 0.407 e. The van der Waals surface area contributed by atoms with E-state index in [0.717, 1.165) is 48.1 Å². The number of nitrogens with zero attached hydrogens (tertiary/aromatic N) is 3. The van der Waals surface area contributed by atoms with Gasteiger partial charge in [-0.05, 0) is 49.6 Å². The van der Waals surface area contributed by atoms with E-state index < -0.39 is 6.09 Å². The molecule has 0 aliphatic carbocycles. The molecule has 33 heavy (non-hydrogen) atoms. The van der Waals surface area contributed by atoms with Crippen LogP contribution in [0.3, 0.4) is 0 Å². The van der Waals surface area contributed by atoms with Gasteiger partial charge in [0.1, 0.15) is 17.7 Å². The second kappa shape index (κ2) is 9.23. The zero-order valence-electron chi connectivity index (χ0n) is 18.7. The lowest BCUT2D eigenvalue weighted by Gasteiger charge is -2.34. The summed E-state index contributed by atoms with van der Waals surface area (Å²) in [5.41, 5.74) is 2.53. The number of aromatic nitrogens is 2. The molecule has 5 rings (SSSR count). The molecule has 2 saturated heterocycles. The van der Waals surface area contributed by atoms with Crippen molar-refractivity contribution in [2.24, 2.45) is 0 Å². The predicted molar refractivity (Wildman–Crippen MR) is 130 cm³/mol. The first kappa shape index (κ1) is 21.5. The SMILES string of the molecule is Cc1ccc2c(N3CCC[C@@H](NC(=O)O[C@@H]4CCOC4)C3)nc(-c3ccccc3O)nc2c1.[HH].[HH]. The summed E-state index contributed by atoms with van der Waals surface area (Å²) in [6, 6.07) is 13.2. The lowest BCUT2D eigenvalue weighted by molar-refractivity contribution is 0.0803. The Morgan fingerprint density at radius 1 is 1.24 bits per heavy atom. The number of phenolic OH excluding ortho intramolecular Hbond substituents is 1. The zero-order chi connectivity index (χ0) is 22.8. The van der Waals surface area contributed by atoms with Gasteiger partial charge < -0.3 is 24.8 Å². The molecule has 2 aliphatic rings. The molecule has 0 radical (unpaired) electrons. The number of amides is 1. The van der Waals surface area contributed by atoms with Crippen LogP contribution >= 0.6 is 0 Å². The van der Waals surface area contributed by atoms with Crippen molar-refractivity contribution in [1.29, 1.82) is 0 Å². The normalized spacial score (nSPS) is 20.7. The molecule has 2 N–H and O–H groups in total. The first-order valence-electron chi connectivity index (χ1n) is 11.4. The van der Waals surface area contributed by atoms with Gasteiger partial charge in [0.05, 0.1) is 24.3 Å². The van der Waals surface area contributed by atoms with Gasteiger partial charge in [-0.3, -0.25) is 0 Å². The Morgan fingerprint density at radius 3 is 2.94 bits per heavy atom. The number of benzene rings is 2. The van der Waals surface area contributed by atoms with Crippen LogP contribution in [0.4, 0.5) is 10.6 Å². The van der Waals surface area contributed by atoms with Crippen LogP contribution in [-0.2, 0) is 9.47 Å². The summed E-state index contributed by atoms with van der Waals surface area (Å²) in [5.74, 6) is 1.44. The second-order valence-electron chi connectivity index (χ2n) is 8.73. The van der Waals surface area contributed by atoms with Crippen LogP contribution in [0.1, 0.15) is 27.7 Å². The van der Waals surface area contributed by atoms with Crippen molar-refractivity contribution >= 4 is 22.8 Å². The van der Waals surface area contributed by atoms with E-state index in [1.54, 1.807) is 12.1 Å². The molecule has 1 amide bonds. The highest BCUT2D eigenvalue weighted by Gasteiger charge is 2.27. The molecule has 8 nitrogen and oxygen atoms in total. The van der Waals surface area contributed by atoms with Gasteiger partial charge in [-0.25, -0.2) is 14.8 Å². The van der Waals surface area contributed by atoms with Gasteiger partial charge in [-0.15, -0.1) is 0 Å². The highest BCUT2D eigenvalue weighted by Crippen LogP contribution is 2.33. The molecular weight excluding hydrogens is 420 g/mol. The summed E-state index contributed by atoms with van der Waals surface area (Å²) < 4.78 is 10.8. The van der Waals surface area contributed by atoms with Crippen molar-refractivity contribution in [1.82, 2.24) is 15.3 Å². The fourth-order valence-corrected chi connectivity index (χ4v) is 4.49. The largest absolute Gasteiger partial charge is 0.507 e. The maximum absolute atomic E-state index is 12.4. The number of carbonyl (C=O) groups is 1. The smallest absolute Gasteiger partial charge is 0.407 e. The van der Waals surface area contributed by atoms with Crippen molar-refractivity contribution in [3.63, 3.8) is 0 Å². The summed E-state index contributed by atoms with van der Waals surface area (Å²) in [5, 5.41) is 14.4. The summed E-state index contributed by atoms with van der Waals surface area (Å²) in [4.78, 5) is 24.2. The van der Waals surface area contributed by atoms with E-state index in [1.807, 2.05) is 31.2 Å². The molecule has 0 bridgehead atoms. The molecule has 2 aliphatic heterocycles. The maximum atomic E-state index is 12.4. The molecule has 2 aromatic carbocycles. The van der Waals surface area contributed by atoms with E-state index in [2.05, 4.69) is 16.3 Å². The van der Waals surface area contributed by atoms with Crippen molar-refractivity contribution in [3.8, 4) is 17.1 Å². The molecule has 3 aromatic rings. The molecule has 176 valence electrons. The summed E-state index contributed by atoms with van der Waals surface area (Å²) in [6.07, 6.45) is 1.98. The van der Waals surface area contributed by atoms with Crippen LogP contribution in [0.25, 0.3) is 22.3 Å². The van der Waals surface area contributed by atoms with Crippen LogP contribution in [0.15, 0.2) is 42.5 Å². The van der Waals surface area contributed by atoms with E-state index in [-0.39, 0.29) is 20.7 Å². The van der Waals surface area contributed by atoms with Crippen molar-refractivity contribution in [2.75, 3.05) is 31.2 Å². The Morgan fingerprint density at radius 2 is 2.12 bits per heavy atom. The Kier molecular flexibility index (Phi) is 6.00. The molecular formula is C25H32N4O4. The molecule has 0 spiro atoms. The lowest BCUT2D eigenvalue weighted by atomic mass is 10.0. The third-order valence-corrected chi connectivity index (χ3v) is 6.18. The summed E-state index contributed by atoms with van der Waals surface area (Å²) in [7, 11) is 0. The molecule has 0 saturated carbocycles. The minimum Gasteiger partial charge on any atom is -0.507 e. The van der Waals surface area contributed by atoms with Crippen molar-refractivity contribution < 1.29 is 22.2 Å². The Balaban J connectivity index is 0.00000171. The van der Waals surface area contributed by atoms with Crippen LogP contribution in [0, 0.1) is 6.92 Å². The van der Waals surface area contributed by atoms with Crippen molar-refractivity contribution in [2.45, 2.75) is 38.3 Å². The van der Waals surface area contributed by atoms with Gasteiger partial charge in [-0.1, -0.05) is 18.2 Å². The van der Waals surface area contributed by atoms with E-state index in [4.69, 9.17) is 19.4 Å². The van der Waals surface area contributed by atoms with Gasteiger partial charge in [0.15, 0.2) is 5.82 Å². The average Bonchev–Trinajstić information content (AvgIpc) is 3.31. The van der Waals surface area contributed by atoms with E-state index in [0.29, 0.717) is 31.1 Å². The number of aromatic hydroxyl groups is 1. The van der Waals surface area contributed by atoms with E-state index >= 15 is 0 Å². The number of ether oxygens (including phenoxy) is 2. The molecule has 3 heterocycles. The number of phenols is 1. The topological polar surface area (TPSA) is 96.8 Å². The van der Waals surface area contributed by atoms with Gasteiger partial charge in [0.2, 0.25) is 0 Å². The number of rotatable bonds is 4. The quantitative estimate of drug-likeness (QED) is 0.610. The molecule has 2 atom stereocenters. The number of hydrogen-bond acceptors (Lipinski definition) is 7. The van der Waals surface area contributed by atoms with E-state index in [9.17, 15) is 9.90 Å². The molecule has 1 aromatic heterocycles. The minimum absolute atomic E-state index is 0. The highest BCUT2D eigenvalue weighted by molar-refractivity contribution is 5.92. The van der Waals surface area contributed by atoms with E-state index in [1.165, 1.54) is 0 Å². The van der Waals surface area contributed by atoms with Crippen LogP contribution in [0.2, 0.25) is 0 Å². The third kappa shape index (κ3) is 4.71. The fraction of sp³-hybridized carbons (Fsp3) is 0.400. The second-order valence-corrected chi connectivity index (χ2v) is 8.73. The number of aryl methyl sites for hydroxylation is 1. The summed E-state index contributed by atoms with van der Waals surface area (Å²) in [6.45, 7) is 4.57. The molecule has 8 heteroatoms. The Bertz CT molecular complexity index is 1170. The Hall–Kier alpha value is -3.39. The average molecular weight is 453 g/mol.